The van der Waals surface area contributed by atoms with Gasteiger partial charge in [-0.1, -0.05) is 35.9 Å². The lowest BCUT2D eigenvalue weighted by molar-refractivity contribution is -0.132. The number of amides is 3. The summed E-state index contributed by atoms with van der Waals surface area (Å²) in [6, 6.07) is 16.4. The van der Waals surface area contributed by atoms with Crippen LogP contribution in [0.5, 0.6) is 5.75 Å². The van der Waals surface area contributed by atoms with Gasteiger partial charge in [-0.2, -0.15) is 0 Å². The fourth-order valence-corrected chi connectivity index (χ4v) is 4.39. The van der Waals surface area contributed by atoms with Gasteiger partial charge in [-0.15, -0.1) is 11.3 Å². The lowest BCUT2D eigenvalue weighted by atomic mass is 10.1. The largest absolute Gasteiger partial charge is 0.427 e. The van der Waals surface area contributed by atoms with Crippen LogP contribution in [0.15, 0.2) is 66.0 Å². The molecule has 7 nitrogen and oxygen atoms in total. The zero-order chi connectivity index (χ0) is 23.5. The third-order valence-corrected chi connectivity index (χ3v) is 6.18. The fraction of sp³-hybridized carbons (Fsp3) is 0.200. The molecule has 1 unspecified atom stereocenters. The smallest absolute Gasteiger partial charge is 0.308 e. The van der Waals surface area contributed by atoms with Crippen LogP contribution in [0.3, 0.4) is 0 Å². The van der Waals surface area contributed by atoms with Crippen LogP contribution in [0.2, 0.25) is 0 Å². The van der Waals surface area contributed by atoms with Crippen molar-refractivity contribution in [2.24, 2.45) is 0 Å². The summed E-state index contributed by atoms with van der Waals surface area (Å²) < 4.78 is 5.01. The lowest BCUT2D eigenvalue weighted by Gasteiger charge is -2.27. The Morgan fingerprint density at radius 2 is 1.76 bits per heavy atom. The van der Waals surface area contributed by atoms with Crippen molar-refractivity contribution < 1.29 is 23.9 Å². The highest BCUT2D eigenvalue weighted by atomic mass is 32.1. The summed E-state index contributed by atoms with van der Waals surface area (Å²) >= 11 is 1.29. The zero-order valence-electron chi connectivity index (χ0n) is 18.2. The van der Waals surface area contributed by atoms with Crippen LogP contribution < -0.4 is 9.64 Å². The molecule has 1 saturated heterocycles. The molecule has 0 aliphatic carbocycles. The second kappa shape index (κ2) is 9.38. The molecule has 1 aromatic heterocycles. The molecule has 0 saturated carbocycles. The number of benzene rings is 2. The summed E-state index contributed by atoms with van der Waals surface area (Å²) in [7, 11) is 0. The Bertz CT molecular complexity index is 1190. The van der Waals surface area contributed by atoms with Crippen LogP contribution in [-0.4, -0.2) is 34.6 Å². The lowest BCUT2D eigenvalue weighted by Crippen LogP contribution is -2.44. The van der Waals surface area contributed by atoms with Crippen LogP contribution in [0, 0.1) is 6.92 Å². The van der Waals surface area contributed by atoms with Crippen molar-refractivity contribution in [3.8, 4) is 5.75 Å². The van der Waals surface area contributed by atoms with Gasteiger partial charge in [-0.05, 0) is 48.2 Å². The topological polar surface area (TPSA) is 84.0 Å². The van der Waals surface area contributed by atoms with Gasteiger partial charge in [0.2, 0.25) is 5.91 Å². The molecule has 2 aromatic carbocycles. The number of carbonyl (C=O) groups excluding carboxylic acids is 4. The highest BCUT2D eigenvalue weighted by molar-refractivity contribution is 7.12. The Morgan fingerprint density at radius 1 is 1.06 bits per heavy atom. The number of anilines is 1. The third kappa shape index (κ3) is 4.85. The average molecular weight is 463 g/mol. The molecule has 33 heavy (non-hydrogen) atoms. The van der Waals surface area contributed by atoms with Crippen molar-refractivity contribution in [1.29, 1.82) is 0 Å². The maximum Gasteiger partial charge on any atom is 0.308 e. The maximum atomic E-state index is 13.4. The number of esters is 1. The Kier molecular flexibility index (Phi) is 6.37. The number of hydrogen-bond donors (Lipinski definition) is 0. The zero-order valence-corrected chi connectivity index (χ0v) is 19.0. The molecule has 4 rings (SSSR count). The predicted molar refractivity (Wildman–Crippen MR) is 124 cm³/mol. The fourth-order valence-electron chi connectivity index (χ4n) is 3.72. The van der Waals surface area contributed by atoms with Crippen LogP contribution >= 0.6 is 11.3 Å². The molecule has 2 heterocycles. The first kappa shape index (κ1) is 22.4. The first-order valence-corrected chi connectivity index (χ1v) is 11.3. The normalized spacial score (nSPS) is 15.6. The second-order valence-electron chi connectivity index (χ2n) is 7.77. The average Bonchev–Trinajstić information content (AvgIpc) is 3.42. The van der Waals surface area contributed by atoms with Gasteiger partial charge in [0, 0.05) is 13.5 Å². The van der Waals surface area contributed by atoms with Gasteiger partial charge in [0.1, 0.15) is 11.8 Å². The number of aryl methyl sites for hydroxylation is 1. The Morgan fingerprint density at radius 3 is 2.36 bits per heavy atom. The van der Waals surface area contributed by atoms with Crippen molar-refractivity contribution >= 4 is 40.7 Å². The number of carbonyl (C=O) groups is 4. The molecule has 8 heteroatoms. The summed E-state index contributed by atoms with van der Waals surface area (Å²) in [6.07, 6.45) is -0.104. The summed E-state index contributed by atoms with van der Waals surface area (Å²) in [5.74, 6) is -1.29. The molecule has 1 fully saturated rings. The number of hydrogen-bond acceptors (Lipinski definition) is 6. The van der Waals surface area contributed by atoms with Crippen molar-refractivity contribution in [3.63, 3.8) is 0 Å². The maximum absolute atomic E-state index is 13.4. The molecular formula is C25H22N2O5S. The van der Waals surface area contributed by atoms with E-state index in [4.69, 9.17) is 4.74 Å². The molecule has 0 N–H and O–H groups in total. The molecule has 0 bridgehead atoms. The Hall–Kier alpha value is -3.78. The number of nitrogens with zero attached hydrogens (tertiary/aromatic N) is 2. The van der Waals surface area contributed by atoms with Crippen LogP contribution in [0.4, 0.5) is 5.69 Å². The first-order valence-electron chi connectivity index (χ1n) is 10.4. The minimum Gasteiger partial charge on any atom is -0.427 e. The standard InChI is InChI=1S/C25H22N2O5S/c1-16-5-7-18(8-6-16)15-26(25(31)22-4-3-13-33-22)21-14-23(29)27(24(21)30)19-9-11-20(12-10-19)32-17(2)28/h3-13,21H,14-15H2,1-2H3. The summed E-state index contributed by atoms with van der Waals surface area (Å²) in [6.45, 7) is 3.47. The summed E-state index contributed by atoms with van der Waals surface area (Å²) in [5, 5.41) is 1.80. The van der Waals surface area contributed by atoms with E-state index in [1.807, 2.05) is 31.2 Å². The van der Waals surface area contributed by atoms with E-state index >= 15 is 0 Å². The van der Waals surface area contributed by atoms with E-state index in [0.29, 0.717) is 16.3 Å². The van der Waals surface area contributed by atoms with E-state index in [9.17, 15) is 19.2 Å². The molecule has 0 radical (unpaired) electrons. The Labute approximate surface area is 195 Å². The quantitative estimate of drug-likeness (QED) is 0.315. The number of thiophene rings is 1. The predicted octanol–water partition coefficient (Wildman–Crippen LogP) is 3.96. The SMILES string of the molecule is CC(=O)Oc1ccc(N2C(=O)CC(N(Cc3ccc(C)cc3)C(=O)c3cccs3)C2=O)cc1. The Balaban J connectivity index is 1.62. The van der Waals surface area contributed by atoms with Gasteiger partial charge in [0.25, 0.3) is 11.8 Å². The van der Waals surface area contributed by atoms with E-state index in [1.165, 1.54) is 35.3 Å². The highest BCUT2D eigenvalue weighted by Crippen LogP contribution is 2.29. The molecule has 3 amide bonds. The van der Waals surface area contributed by atoms with E-state index in [-0.39, 0.29) is 18.9 Å². The van der Waals surface area contributed by atoms with E-state index in [2.05, 4.69) is 0 Å². The minimum absolute atomic E-state index is 0.104. The van der Waals surface area contributed by atoms with Gasteiger partial charge < -0.3 is 9.64 Å². The van der Waals surface area contributed by atoms with Crippen molar-refractivity contribution in [2.45, 2.75) is 32.9 Å². The molecule has 1 atom stereocenters. The molecule has 1 aliphatic rings. The van der Waals surface area contributed by atoms with Crippen LogP contribution in [0.25, 0.3) is 0 Å². The summed E-state index contributed by atoms with van der Waals surface area (Å²) in [5.41, 5.74) is 2.32. The van der Waals surface area contributed by atoms with Gasteiger partial charge in [-0.25, -0.2) is 4.90 Å². The van der Waals surface area contributed by atoms with E-state index in [0.717, 1.165) is 16.0 Å². The number of rotatable bonds is 6. The molecule has 0 spiro atoms. The first-order chi connectivity index (χ1) is 15.8. The van der Waals surface area contributed by atoms with Crippen LogP contribution in [-0.2, 0) is 20.9 Å². The van der Waals surface area contributed by atoms with Gasteiger partial charge in [-0.3, -0.25) is 19.2 Å². The monoisotopic (exact) mass is 462 g/mol. The second-order valence-corrected chi connectivity index (χ2v) is 8.72. The van der Waals surface area contributed by atoms with Crippen molar-refractivity contribution in [3.05, 3.63) is 82.0 Å². The molecule has 1 aliphatic heterocycles. The minimum atomic E-state index is -0.915. The van der Waals surface area contributed by atoms with Gasteiger partial charge in [0.05, 0.1) is 17.0 Å². The van der Waals surface area contributed by atoms with Gasteiger partial charge in [0.15, 0.2) is 0 Å². The van der Waals surface area contributed by atoms with E-state index < -0.39 is 23.8 Å². The number of ether oxygens (including phenoxy) is 1. The highest BCUT2D eigenvalue weighted by Gasteiger charge is 2.44. The van der Waals surface area contributed by atoms with Crippen molar-refractivity contribution in [2.75, 3.05) is 4.90 Å². The van der Waals surface area contributed by atoms with E-state index in [1.54, 1.807) is 29.6 Å². The molecule has 3 aromatic rings. The van der Waals surface area contributed by atoms with Crippen molar-refractivity contribution in [1.82, 2.24) is 4.90 Å². The number of imide groups is 1. The molecular weight excluding hydrogens is 440 g/mol. The van der Waals surface area contributed by atoms with Gasteiger partial charge >= 0.3 is 5.97 Å². The molecule has 168 valence electrons. The third-order valence-electron chi connectivity index (χ3n) is 5.32. The summed E-state index contributed by atoms with van der Waals surface area (Å²) in [4.78, 5) is 53.7. The van der Waals surface area contributed by atoms with Crippen LogP contribution in [0.1, 0.15) is 34.1 Å².